The van der Waals surface area contributed by atoms with Crippen LogP contribution in [0.2, 0.25) is 5.02 Å². The molecule has 228 valence electrons. The van der Waals surface area contributed by atoms with Gasteiger partial charge in [-0.15, -0.1) is 0 Å². The highest BCUT2D eigenvalue weighted by atomic mass is 35.5. The van der Waals surface area contributed by atoms with Crippen molar-refractivity contribution in [2.45, 2.75) is 77.5 Å². The summed E-state index contributed by atoms with van der Waals surface area (Å²) in [4.78, 5) is 21.1. The first-order valence-corrected chi connectivity index (χ1v) is 14.7. The fourth-order valence-electron chi connectivity index (χ4n) is 5.42. The number of benzene rings is 3. The molecule has 0 unspecified atom stereocenters. The second kappa shape index (κ2) is 12.1. The fourth-order valence-corrected chi connectivity index (χ4v) is 5.61. The van der Waals surface area contributed by atoms with Gasteiger partial charge in [0, 0.05) is 12.0 Å². The number of carbonyl (C=O) groups excluding carboxylic acids is 1. The summed E-state index contributed by atoms with van der Waals surface area (Å²) in [7, 11) is 0. The maximum Gasteiger partial charge on any atom is 0.418 e. The number of unbranched alkanes of at least 4 members (excludes halogenated alkanes) is 4. The molecule has 0 bridgehead atoms. The Morgan fingerprint density at radius 3 is 2.60 bits per heavy atom. The van der Waals surface area contributed by atoms with Crippen molar-refractivity contribution in [2.75, 3.05) is 10.6 Å². The van der Waals surface area contributed by atoms with Crippen molar-refractivity contribution in [3.05, 3.63) is 75.6 Å². The Morgan fingerprint density at radius 2 is 1.86 bits per heavy atom. The van der Waals surface area contributed by atoms with E-state index in [1.54, 1.807) is 12.1 Å². The summed E-state index contributed by atoms with van der Waals surface area (Å²) in [5, 5.41) is 5.55. The Bertz CT molecular complexity index is 1670. The Kier molecular flexibility index (Phi) is 8.61. The molecule has 1 amide bonds. The molecule has 3 aromatic carbocycles. The van der Waals surface area contributed by atoms with Gasteiger partial charge >= 0.3 is 6.18 Å². The lowest BCUT2D eigenvalue weighted by atomic mass is 9.98. The summed E-state index contributed by atoms with van der Waals surface area (Å²) >= 11 is 6.38. The third-order valence-corrected chi connectivity index (χ3v) is 7.81. The number of nitrogens with one attached hydrogen (secondary N) is 3. The number of fused-ring (bicyclic) bond motifs is 3. The van der Waals surface area contributed by atoms with Crippen LogP contribution in [-0.4, -0.2) is 21.5 Å². The van der Waals surface area contributed by atoms with Crippen LogP contribution in [0.25, 0.3) is 11.0 Å². The number of amides is 1. The second-order valence-corrected chi connectivity index (χ2v) is 11.8. The molecular formula is C32H33ClF4N4O2. The molecule has 43 heavy (non-hydrogen) atoms. The number of imidazole rings is 1. The normalized spacial score (nSPS) is 14.0. The molecule has 4 aromatic rings. The second-order valence-electron chi connectivity index (χ2n) is 11.4. The van der Waals surface area contributed by atoms with Crippen molar-refractivity contribution in [3.8, 4) is 5.75 Å². The Hall–Kier alpha value is -3.79. The Morgan fingerprint density at radius 1 is 1.12 bits per heavy atom. The van der Waals surface area contributed by atoms with E-state index in [4.69, 9.17) is 16.3 Å². The van der Waals surface area contributed by atoms with Gasteiger partial charge in [0.1, 0.15) is 11.4 Å². The zero-order valence-corrected chi connectivity index (χ0v) is 24.9. The molecule has 5 rings (SSSR count). The zero-order valence-electron chi connectivity index (χ0n) is 24.1. The molecule has 0 saturated carbocycles. The van der Waals surface area contributed by atoms with Gasteiger partial charge < -0.3 is 20.4 Å². The van der Waals surface area contributed by atoms with E-state index < -0.39 is 29.1 Å². The topological polar surface area (TPSA) is 79.0 Å². The third-order valence-electron chi connectivity index (χ3n) is 7.50. The summed E-state index contributed by atoms with van der Waals surface area (Å²) in [6, 6.07) is 9.58. The lowest BCUT2D eigenvalue weighted by Crippen LogP contribution is -2.25. The van der Waals surface area contributed by atoms with Crippen molar-refractivity contribution >= 4 is 45.9 Å². The van der Waals surface area contributed by atoms with E-state index in [1.165, 1.54) is 24.3 Å². The van der Waals surface area contributed by atoms with Crippen LogP contribution >= 0.6 is 11.6 Å². The molecule has 0 atom stereocenters. The number of hydrogen-bond acceptors (Lipinski definition) is 4. The van der Waals surface area contributed by atoms with Crippen molar-refractivity contribution in [1.29, 1.82) is 0 Å². The lowest BCUT2D eigenvalue weighted by molar-refractivity contribution is -0.136. The highest BCUT2D eigenvalue weighted by molar-refractivity contribution is 6.33. The molecular weight excluding hydrogens is 584 g/mol. The Labute approximate surface area is 252 Å². The van der Waals surface area contributed by atoms with Gasteiger partial charge in [0.15, 0.2) is 5.82 Å². The first-order valence-electron chi connectivity index (χ1n) is 14.3. The van der Waals surface area contributed by atoms with E-state index in [9.17, 15) is 18.0 Å². The molecule has 0 saturated heterocycles. The van der Waals surface area contributed by atoms with Gasteiger partial charge in [-0.3, -0.25) is 4.79 Å². The summed E-state index contributed by atoms with van der Waals surface area (Å²) in [6.45, 7) is 5.83. The van der Waals surface area contributed by atoms with Crippen LogP contribution in [0.5, 0.6) is 5.75 Å². The number of rotatable bonds is 10. The van der Waals surface area contributed by atoms with E-state index in [-0.39, 0.29) is 33.7 Å². The van der Waals surface area contributed by atoms with Crippen molar-refractivity contribution in [1.82, 2.24) is 9.97 Å². The smallest absolute Gasteiger partial charge is 0.418 e. The summed E-state index contributed by atoms with van der Waals surface area (Å²) < 4.78 is 62.3. The third kappa shape index (κ3) is 6.59. The molecule has 0 spiro atoms. The number of para-hydroxylation sites is 1. The van der Waals surface area contributed by atoms with Crippen LogP contribution in [0.15, 0.2) is 42.5 Å². The van der Waals surface area contributed by atoms with Gasteiger partial charge in [-0.25, -0.2) is 9.37 Å². The Balaban J connectivity index is 1.47. The number of aromatic nitrogens is 2. The number of aromatic amines is 1. The number of H-pyrrole nitrogens is 1. The molecule has 1 aromatic heterocycles. The molecule has 0 aliphatic carbocycles. The van der Waals surface area contributed by atoms with Crippen LogP contribution < -0.4 is 15.4 Å². The molecule has 2 heterocycles. The fraction of sp³-hybridized carbons (Fsp3) is 0.375. The minimum Gasteiger partial charge on any atom is -0.486 e. The van der Waals surface area contributed by atoms with E-state index in [0.717, 1.165) is 38.2 Å². The maximum atomic E-state index is 15.5. The SMILES string of the molecule is CCCCCCCc1ccc(Cl)c(Nc2nc3c4c(c(C(=O)Nc5ccccc5C(F)(F)F)cc3[nH]2)OC(C)(C)C4)c1F. The van der Waals surface area contributed by atoms with Gasteiger partial charge in [-0.05, 0) is 56.5 Å². The largest absolute Gasteiger partial charge is 0.486 e. The van der Waals surface area contributed by atoms with Crippen molar-refractivity contribution in [3.63, 3.8) is 0 Å². The number of ether oxygens (including phenoxy) is 1. The standard InChI is InChI=1S/C32H33ClF4N4O2/c1-4-5-6-7-8-11-18-14-15-22(33)27(25(18)34)41-30-39-24-16-19(28-20(26(24)40-30)17-31(2,3)43-28)29(42)38-23-13-10-9-12-21(23)32(35,36)37/h9-10,12-16H,4-8,11,17H2,1-3H3,(H,38,42)(H2,39,40,41). The maximum absolute atomic E-state index is 15.5. The summed E-state index contributed by atoms with van der Waals surface area (Å²) in [5.74, 6) is -0.784. The molecule has 0 radical (unpaired) electrons. The number of halogens is 5. The number of alkyl halides is 3. The predicted octanol–water partition coefficient (Wildman–Crippen LogP) is 9.60. The van der Waals surface area contributed by atoms with Gasteiger partial charge in [-0.2, -0.15) is 13.2 Å². The number of hydrogen-bond donors (Lipinski definition) is 3. The molecule has 1 aliphatic heterocycles. The average molecular weight is 617 g/mol. The first kappa shape index (κ1) is 30.7. The summed E-state index contributed by atoms with van der Waals surface area (Å²) in [5.41, 5.74) is 0.215. The van der Waals surface area contributed by atoms with Gasteiger partial charge in [0.25, 0.3) is 5.91 Å². The van der Waals surface area contributed by atoms with E-state index in [2.05, 4.69) is 27.5 Å². The highest BCUT2D eigenvalue weighted by Crippen LogP contribution is 2.43. The number of carbonyl (C=O) groups is 1. The molecule has 6 nitrogen and oxygen atoms in total. The van der Waals surface area contributed by atoms with Crippen molar-refractivity contribution < 1.29 is 27.1 Å². The van der Waals surface area contributed by atoms with Crippen LogP contribution in [-0.2, 0) is 19.0 Å². The number of aryl methyl sites for hydroxylation is 1. The zero-order chi connectivity index (χ0) is 30.9. The molecule has 3 N–H and O–H groups in total. The quantitative estimate of drug-likeness (QED) is 0.122. The van der Waals surface area contributed by atoms with Crippen LogP contribution in [0.1, 0.15) is 79.9 Å². The summed E-state index contributed by atoms with van der Waals surface area (Å²) in [6.07, 6.45) is 1.59. The van der Waals surface area contributed by atoms with Gasteiger partial charge in [0.05, 0.1) is 38.6 Å². The van der Waals surface area contributed by atoms with E-state index >= 15 is 4.39 Å². The lowest BCUT2D eigenvalue weighted by Gasteiger charge is -2.18. The van der Waals surface area contributed by atoms with Crippen molar-refractivity contribution in [2.24, 2.45) is 0 Å². The average Bonchev–Trinajstić information content (AvgIpc) is 3.50. The predicted molar refractivity (Wildman–Crippen MR) is 161 cm³/mol. The highest BCUT2D eigenvalue weighted by Gasteiger charge is 2.37. The van der Waals surface area contributed by atoms with Gasteiger partial charge in [0.2, 0.25) is 5.95 Å². The van der Waals surface area contributed by atoms with Crippen LogP contribution in [0.4, 0.5) is 34.9 Å². The van der Waals surface area contributed by atoms with E-state index in [0.29, 0.717) is 35.0 Å². The minimum atomic E-state index is -4.65. The molecule has 11 heteroatoms. The molecule has 1 aliphatic rings. The van der Waals surface area contributed by atoms with Crippen LogP contribution in [0.3, 0.4) is 0 Å². The van der Waals surface area contributed by atoms with Crippen LogP contribution in [0, 0.1) is 5.82 Å². The monoisotopic (exact) mass is 616 g/mol. The van der Waals surface area contributed by atoms with Gasteiger partial charge in [-0.1, -0.05) is 62.4 Å². The number of anilines is 3. The molecule has 0 fully saturated rings. The van der Waals surface area contributed by atoms with E-state index in [1.807, 2.05) is 13.8 Å². The first-order chi connectivity index (χ1) is 20.4. The number of nitrogens with zero attached hydrogens (tertiary/aromatic N) is 1. The minimum absolute atomic E-state index is 0.0505.